The summed E-state index contributed by atoms with van der Waals surface area (Å²) in [5, 5.41) is 7.41. The van der Waals surface area contributed by atoms with Crippen LogP contribution in [-0.4, -0.2) is 46.8 Å². The van der Waals surface area contributed by atoms with E-state index in [1.165, 1.54) is 5.56 Å². The van der Waals surface area contributed by atoms with Gasteiger partial charge in [0.2, 0.25) is 0 Å². The first kappa shape index (κ1) is 23.8. The zero-order valence-corrected chi connectivity index (χ0v) is 20.8. The van der Waals surface area contributed by atoms with Crippen LogP contribution >= 0.6 is 0 Å². The predicted octanol–water partition coefficient (Wildman–Crippen LogP) is 5.05. The lowest BCUT2D eigenvalue weighted by atomic mass is 9.99. The van der Waals surface area contributed by atoms with Crippen molar-refractivity contribution < 1.29 is 13.9 Å². The van der Waals surface area contributed by atoms with Gasteiger partial charge in [0, 0.05) is 18.8 Å². The Morgan fingerprint density at radius 1 is 0.968 bits per heavy atom. The van der Waals surface area contributed by atoms with Gasteiger partial charge in [-0.05, 0) is 48.0 Å². The molecule has 0 aromatic heterocycles. The first-order valence-electron chi connectivity index (χ1n) is 11.1. The molecule has 31 heavy (non-hydrogen) atoms. The van der Waals surface area contributed by atoms with E-state index in [-0.39, 0.29) is 23.3 Å². The van der Waals surface area contributed by atoms with E-state index in [9.17, 15) is 0 Å². The SMILES string of the molecule is COc1ccc(N[C@@H]2[C@@H](OCc3ccccc3)CNC[C@H]2O[Si](C)(C)C(C)(C)C)cc1. The fourth-order valence-electron chi connectivity index (χ4n) is 3.54. The van der Waals surface area contributed by atoms with Crippen LogP contribution in [0, 0.1) is 0 Å². The summed E-state index contributed by atoms with van der Waals surface area (Å²) < 4.78 is 18.6. The maximum atomic E-state index is 6.86. The van der Waals surface area contributed by atoms with Crippen molar-refractivity contribution in [3.63, 3.8) is 0 Å². The highest BCUT2D eigenvalue weighted by Gasteiger charge is 2.43. The van der Waals surface area contributed by atoms with Gasteiger partial charge < -0.3 is 24.5 Å². The van der Waals surface area contributed by atoms with Gasteiger partial charge in [-0.15, -0.1) is 0 Å². The van der Waals surface area contributed by atoms with Crippen molar-refractivity contribution in [3.8, 4) is 5.75 Å². The molecule has 6 heteroatoms. The number of methoxy groups -OCH3 is 1. The number of piperidine rings is 1. The molecule has 1 saturated heterocycles. The normalized spacial score (nSPS) is 22.2. The molecule has 1 heterocycles. The summed E-state index contributed by atoms with van der Waals surface area (Å²) in [6, 6.07) is 18.5. The highest BCUT2D eigenvalue weighted by Crippen LogP contribution is 2.38. The van der Waals surface area contributed by atoms with Gasteiger partial charge in [-0.3, -0.25) is 0 Å². The highest BCUT2D eigenvalue weighted by molar-refractivity contribution is 6.74. The lowest BCUT2D eigenvalue weighted by molar-refractivity contribution is -0.0202. The van der Waals surface area contributed by atoms with E-state index in [1.54, 1.807) is 7.11 Å². The maximum absolute atomic E-state index is 6.86. The first-order valence-corrected chi connectivity index (χ1v) is 14.0. The minimum absolute atomic E-state index is 0.00849. The van der Waals surface area contributed by atoms with E-state index in [0.717, 1.165) is 24.5 Å². The molecule has 170 valence electrons. The third-order valence-electron chi connectivity index (χ3n) is 6.47. The summed E-state index contributed by atoms with van der Waals surface area (Å²) in [6.07, 6.45) is 0.0170. The molecule has 3 atom stereocenters. The van der Waals surface area contributed by atoms with Crippen LogP contribution in [0.25, 0.3) is 0 Å². The van der Waals surface area contributed by atoms with Crippen LogP contribution in [0.3, 0.4) is 0 Å². The lowest BCUT2D eigenvalue weighted by Crippen LogP contribution is -2.61. The molecule has 3 rings (SSSR count). The van der Waals surface area contributed by atoms with Crippen molar-refractivity contribution in [2.75, 3.05) is 25.5 Å². The molecule has 2 N–H and O–H groups in total. The van der Waals surface area contributed by atoms with Crippen molar-refractivity contribution in [1.29, 1.82) is 0 Å². The molecule has 1 aliphatic heterocycles. The summed E-state index contributed by atoms with van der Waals surface area (Å²) >= 11 is 0. The van der Waals surface area contributed by atoms with Crippen molar-refractivity contribution in [2.24, 2.45) is 0 Å². The largest absolute Gasteiger partial charge is 0.497 e. The average Bonchev–Trinajstić information content (AvgIpc) is 2.74. The highest BCUT2D eigenvalue weighted by atomic mass is 28.4. The Kier molecular flexibility index (Phi) is 7.81. The molecular weight excluding hydrogens is 404 g/mol. The summed E-state index contributed by atoms with van der Waals surface area (Å²) in [5.74, 6) is 0.849. The van der Waals surface area contributed by atoms with Crippen LogP contribution in [-0.2, 0) is 15.8 Å². The number of hydrogen-bond acceptors (Lipinski definition) is 5. The summed E-state index contributed by atoms with van der Waals surface area (Å²) in [5.41, 5.74) is 2.22. The van der Waals surface area contributed by atoms with Gasteiger partial charge in [0.05, 0.1) is 32.0 Å². The van der Waals surface area contributed by atoms with Crippen LogP contribution in [0.2, 0.25) is 18.1 Å². The molecule has 2 aromatic carbocycles. The molecule has 5 nitrogen and oxygen atoms in total. The standard InChI is InChI=1S/C25H38N2O3Si/c1-25(2,3)31(5,6)30-23-17-26-16-22(29-18-19-10-8-7-9-11-19)24(23)27-20-12-14-21(28-4)15-13-20/h7-15,22-24,26-27H,16-18H2,1-6H3/t22-,23+,24+/m0/s1. The Bertz CT molecular complexity index is 806. The number of rotatable bonds is 8. The fraction of sp³-hybridized carbons (Fsp3) is 0.520. The minimum atomic E-state index is -1.94. The minimum Gasteiger partial charge on any atom is -0.497 e. The monoisotopic (exact) mass is 442 g/mol. The smallest absolute Gasteiger partial charge is 0.192 e. The van der Waals surface area contributed by atoms with Gasteiger partial charge >= 0.3 is 0 Å². The Morgan fingerprint density at radius 3 is 2.23 bits per heavy atom. The van der Waals surface area contributed by atoms with Gasteiger partial charge in [0.25, 0.3) is 0 Å². The van der Waals surface area contributed by atoms with Gasteiger partial charge in [0.1, 0.15) is 5.75 Å². The molecule has 2 aromatic rings. The summed E-state index contributed by atoms with van der Waals surface area (Å²) in [7, 11) is -0.252. The van der Waals surface area contributed by atoms with Crippen molar-refractivity contribution in [3.05, 3.63) is 60.2 Å². The quantitative estimate of drug-likeness (QED) is 0.560. The summed E-state index contributed by atoms with van der Waals surface area (Å²) in [6.45, 7) is 13.7. The second-order valence-electron chi connectivity index (χ2n) is 9.81. The van der Waals surface area contributed by atoms with Crippen LogP contribution in [0.5, 0.6) is 5.75 Å². The molecule has 0 aliphatic carbocycles. The third-order valence-corrected chi connectivity index (χ3v) is 11.0. The molecule has 0 radical (unpaired) electrons. The lowest BCUT2D eigenvalue weighted by Gasteiger charge is -2.45. The van der Waals surface area contributed by atoms with Gasteiger partial charge in [-0.1, -0.05) is 51.1 Å². The summed E-state index contributed by atoms with van der Waals surface area (Å²) in [4.78, 5) is 0. The maximum Gasteiger partial charge on any atom is 0.192 e. The Hall–Kier alpha value is -1.86. The Balaban J connectivity index is 1.79. The molecule has 0 saturated carbocycles. The topological polar surface area (TPSA) is 51.8 Å². The van der Waals surface area contributed by atoms with E-state index in [0.29, 0.717) is 6.61 Å². The van der Waals surface area contributed by atoms with Crippen molar-refractivity contribution in [2.45, 2.75) is 63.8 Å². The van der Waals surface area contributed by atoms with Crippen LogP contribution in [0.1, 0.15) is 26.3 Å². The van der Waals surface area contributed by atoms with Gasteiger partial charge in [-0.25, -0.2) is 0 Å². The number of anilines is 1. The fourth-order valence-corrected chi connectivity index (χ4v) is 4.88. The molecular formula is C25H38N2O3Si. The average molecular weight is 443 g/mol. The third kappa shape index (κ3) is 6.32. The number of hydrogen-bond donors (Lipinski definition) is 2. The molecule has 1 fully saturated rings. The zero-order chi connectivity index (χ0) is 22.5. The molecule has 0 bridgehead atoms. The van der Waals surface area contributed by atoms with Crippen molar-refractivity contribution >= 4 is 14.0 Å². The van der Waals surface area contributed by atoms with E-state index >= 15 is 0 Å². The predicted molar refractivity (Wildman–Crippen MR) is 130 cm³/mol. The second-order valence-corrected chi connectivity index (χ2v) is 14.6. The van der Waals surface area contributed by atoms with Crippen LogP contribution < -0.4 is 15.4 Å². The second kappa shape index (κ2) is 10.2. The van der Waals surface area contributed by atoms with E-state index < -0.39 is 8.32 Å². The van der Waals surface area contributed by atoms with Crippen LogP contribution in [0.4, 0.5) is 5.69 Å². The molecule has 1 aliphatic rings. The molecule has 0 unspecified atom stereocenters. The number of benzene rings is 2. The van der Waals surface area contributed by atoms with E-state index in [4.69, 9.17) is 13.9 Å². The number of ether oxygens (including phenoxy) is 2. The van der Waals surface area contributed by atoms with E-state index in [1.807, 2.05) is 30.3 Å². The zero-order valence-electron chi connectivity index (χ0n) is 19.8. The molecule has 0 spiro atoms. The first-order chi connectivity index (χ1) is 14.7. The number of nitrogens with one attached hydrogen (secondary N) is 2. The van der Waals surface area contributed by atoms with Crippen LogP contribution in [0.15, 0.2) is 54.6 Å². The van der Waals surface area contributed by atoms with Gasteiger partial charge in [-0.2, -0.15) is 0 Å². The van der Waals surface area contributed by atoms with Gasteiger partial charge in [0.15, 0.2) is 8.32 Å². The van der Waals surface area contributed by atoms with Crippen molar-refractivity contribution in [1.82, 2.24) is 5.32 Å². The molecule has 0 amide bonds. The Morgan fingerprint density at radius 2 is 1.61 bits per heavy atom. The van der Waals surface area contributed by atoms with E-state index in [2.05, 4.69) is 68.8 Å². The Labute approximate surface area is 188 Å².